The van der Waals surface area contributed by atoms with Crippen LogP contribution >= 0.6 is 11.3 Å². The van der Waals surface area contributed by atoms with Crippen LogP contribution in [0.5, 0.6) is 0 Å². The van der Waals surface area contributed by atoms with E-state index in [0.717, 1.165) is 18.3 Å². The molecule has 1 aromatic heterocycles. The van der Waals surface area contributed by atoms with Gasteiger partial charge in [-0.05, 0) is 25.7 Å². The lowest BCUT2D eigenvalue weighted by atomic mass is 9.77. The molecule has 33 heavy (non-hydrogen) atoms. The van der Waals surface area contributed by atoms with Gasteiger partial charge in [-0.1, -0.05) is 0 Å². The third kappa shape index (κ3) is 5.22. The van der Waals surface area contributed by atoms with Gasteiger partial charge in [-0.2, -0.15) is 8.78 Å². The van der Waals surface area contributed by atoms with E-state index in [1.165, 1.54) is 5.38 Å². The Kier molecular flexibility index (Phi) is 6.07. The molecule has 2 heterocycles. The highest BCUT2D eigenvalue weighted by Gasteiger charge is 2.50. The van der Waals surface area contributed by atoms with E-state index in [0.29, 0.717) is 0 Å². The monoisotopic (exact) mass is 496 g/mol. The Morgan fingerprint density at radius 2 is 1.64 bits per heavy atom. The van der Waals surface area contributed by atoms with Gasteiger partial charge in [0.25, 0.3) is 5.92 Å². The summed E-state index contributed by atoms with van der Waals surface area (Å²) in [6.07, 6.45) is -0.872. The molecule has 0 radical (unpaired) electrons. The summed E-state index contributed by atoms with van der Waals surface area (Å²) in [5, 5.41) is 6.84. The standard InChI is InChI=1S/C20H26F6N6S/c1-17(21,22)14-29-13(10-33-14)20(11-2-6-18(23,24)7-3-11)31-15(27)30-16(32-20)28-12-4-8-19(25,26)9-5-12/h10-12H,2-9H2,1H3,(H4,27,28,30,31,32). The van der Waals surface area contributed by atoms with Crippen molar-refractivity contribution in [2.75, 3.05) is 0 Å². The average Bonchev–Trinajstić information content (AvgIpc) is 3.20. The molecular formula is C20H26F6N6S. The van der Waals surface area contributed by atoms with Crippen molar-refractivity contribution >= 4 is 23.3 Å². The minimum absolute atomic E-state index is 0.0646. The molecule has 1 atom stereocenters. The number of hydrogen-bond acceptors (Lipinski definition) is 5. The van der Waals surface area contributed by atoms with Crippen molar-refractivity contribution in [1.82, 2.24) is 15.6 Å². The van der Waals surface area contributed by atoms with Crippen LogP contribution in [0.25, 0.3) is 0 Å². The first-order chi connectivity index (χ1) is 15.3. The number of aliphatic imine (C=N–C) groups is 2. The van der Waals surface area contributed by atoms with Gasteiger partial charge in [-0.15, -0.1) is 11.3 Å². The van der Waals surface area contributed by atoms with E-state index < -0.39 is 40.4 Å². The Hall–Kier alpha value is -2.05. The largest absolute Gasteiger partial charge is 0.370 e. The number of aromatic nitrogens is 1. The van der Waals surface area contributed by atoms with Crippen LogP contribution in [0.2, 0.25) is 0 Å². The van der Waals surface area contributed by atoms with Crippen LogP contribution in [0.3, 0.4) is 0 Å². The van der Waals surface area contributed by atoms with Crippen LogP contribution in [0.4, 0.5) is 26.3 Å². The molecule has 1 unspecified atom stereocenters. The van der Waals surface area contributed by atoms with E-state index >= 15 is 0 Å². The number of alkyl halides is 6. The summed E-state index contributed by atoms with van der Waals surface area (Å²) in [5.74, 6) is -9.16. The van der Waals surface area contributed by atoms with Gasteiger partial charge in [0.2, 0.25) is 17.8 Å². The van der Waals surface area contributed by atoms with Crippen LogP contribution < -0.4 is 16.4 Å². The van der Waals surface area contributed by atoms with E-state index in [4.69, 9.17) is 5.73 Å². The summed E-state index contributed by atoms with van der Waals surface area (Å²) < 4.78 is 82.6. The molecule has 1 aliphatic heterocycles. The molecular weight excluding hydrogens is 470 g/mol. The third-order valence-electron chi connectivity index (χ3n) is 6.43. The molecule has 2 fully saturated rings. The highest BCUT2D eigenvalue weighted by molar-refractivity contribution is 7.09. The van der Waals surface area contributed by atoms with E-state index in [2.05, 4.69) is 25.6 Å². The van der Waals surface area contributed by atoms with Gasteiger partial charge in [0, 0.05) is 43.9 Å². The van der Waals surface area contributed by atoms with Gasteiger partial charge in [0.05, 0.1) is 6.04 Å². The van der Waals surface area contributed by atoms with E-state index in [1.807, 2.05) is 0 Å². The first kappa shape index (κ1) is 24.1. The molecule has 2 saturated carbocycles. The van der Waals surface area contributed by atoms with Crippen molar-refractivity contribution in [3.8, 4) is 0 Å². The number of halogens is 6. The summed E-state index contributed by atoms with van der Waals surface area (Å²) in [5.41, 5.74) is 4.69. The molecule has 0 amide bonds. The summed E-state index contributed by atoms with van der Waals surface area (Å²) in [4.78, 5) is 13.0. The van der Waals surface area contributed by atoms with Crippen molar-refractivity contribution in [3.63, 3.8) is 0 Å². The number of nitrogens with one attached hydrogen (secondary N) is 2. The molecule has 2 aliphatic carbocycles. The molecule has 184 valence electrons. The normalized spacial score (nSPS) is 29.9. The second-order valence-corrected chi connectivity index (χ2v) is 9.99. The molecule has 0 spiro atoms. The average molecular weight is 497 g/mol. The summed E-state index contributed by atoms with van der Waals surface area (Å²) in [6, 6.07) is -0.398. The van der Waals surface area contributed by atoms with Gasteiger partial charge >= 0.3 is 0 Å². The van der Waals surface area contributed by atoms with Crippen molar-refractivity contribution in [2.45, 2.75) is 87.8 Å². The first-order valence-corrected chi connectivity index (χ1v) is 11.7. The van der Waals surface area contributed by atoms with Crippen LogP contribution in [0, 0.1) is 5.92 Å². The molecule has 0 aromatic carbocycles. The number of hydrogen-bond donors (Lipinski definition) is 3. The highest BCUT2D eigenvalue weighted by atomic mass is 32.1. The second kappa shape index (κ2) is 8.31. The third-order valence-corrected chi connectivity index (χ3v) is 7.44. The smallest absolute Gasteiger partial charge is 0.296 e. The van der Waals surface area contributed by atoms with E-state index in [9.17, 15) is 26.3 Å². The second-order valence-electron chi connectivity index (χ2n) is 9.13. The zero-order chi connectivity index (χ0) is 24.1. The topological polar surface area (TPSA) is 87.7 Å². The fourth-order valence-corrected chi connectivity index (χ4v) is 5.43. The summed E-state index contributed by atoms with van der Waals surface area (Å²) in [6.45, 7) is 0.725. The highest BCUT2D eigenvalue weighted by Crippen LogP contribution is 2.46. The zero-order valence-corrected chi connectivity index (χ0v) is 18.8. The summed E-state index contributed by atoms with van der Waals surface area (Å²) >= 11 is 0.747. The van der Waals surface area contributed by atoms with Crippen LogP contribution in [0.15, 0.2) is 15.4 Å². The maximum Gasteiger partial charge on any atom is 0.296 e. The fourth-order valence-electron chi connectivity index (χ4n) is 4.61. The zero-order valence-electron chi connectivity index (χ0n) is 18.0. The van der Waals surface area contributed by atoms with E-state index in [1.54, 1.807) is 0 Å². The first-order valence-electron chi connectivity index (χ1n) is 10.9. The fraction of sp³-hybridized carbons (Fsp3) is 0.750. The van der Waals surface area contributed by atoms with E-state index in [-0.39, 0.29) is 69.0 Å². The predicted molar refractivity (Wildman–Crippen MR) is 113 cm³/mol. The van der Waals surface area contributed by atoms with Gasteiger partial charge < -0.3 is 11.1 Å². The number of guanidine groups is 2. The Morgan fingerprint density at radius 1 is 1.06 bits per heavy atom. The number of nitrogens with two attached hydrogens (primary N) is 1. The van der Waals surface area contributed by atoms with Crippen molar-refractivity contribution in [1.29, 1.82) is 0 Å². The predicted octanol–water partition coefficient (Wildman–Crippen LogP) is 4.67. The van der Waals surface area contributed by atoms with Crippen molar-refractivity contribution < 1.29 is 26.3 Å². The van der Waals surface area contributed by atoms with Crippen LogP contribution in [-0.4, -0.2) is 34.8 Å². The van der Waals surface area contributed by atoms with Gasteiger partial charge in [-0.25, -0.2) is 32.5 Å². The minimum Gasteiger partial charge on any atom is -0.370 e. The van der Waals surface area contributed by atoms with Gasteiger partial charge in [0.1, 0.15) is 5.69 Å². The summed E-state index contributed by atoms with van der Waals surface area (Å²) in [7, 11) is 0. The number of nitrogens with zero attached hydrogens (tertiary/aromatic N) is 3. The van der Waals surface area contributed by atoms with Gasteiger partial charge in [0.15, 0.2) is 16.6 Å². The molecule has 1 aromatic rings. The van der Waals surface area contributed by atoms with Crippen molar-refractivity contribution in [2.24, 2.45) is 21.6 Å². The molecule has 13 heteroatoms. The maximum atomic E-state index is 13.9. The molecule has 0 saturated heterocycles. The minimum atomic E-state index is -3.18. The Labute approximate surface area is 191 Å². The quantitative estimate of drug-likeness (QED) is 0.529. The Morgan fingerprint density at radius 3 is 2.18 bits per heavy atom. The SMILES string of the molecule is CC(F)(F)c1nc(C2(C3CCC(F)(F)CC3)N=C(N)NC(=NC3CCC(F)(F)CC3)N2)cs1. The molecule has 4 N–H and O–H groups in total. The molecule has 4 rings (SSSR count). The lowest BCUT2D eigenvalue weighted by Gasteiger charge is -2.43. The Bertz CT molecular complexity index is 922. The number of thiazole rings is 1. The van der Waals surface area contributed by atoms with Crippen molar-refractivity contribution in [3.05, 3.63) is 16.1 Å². The van der Waals surface area contributed by atoms with Gasteiger partial charge in [-0.3, -0.25) is 5.32 Å². The number of rotatable bonds is 4. The lowest BCUT2D eigenvalue weighted by molar-refractivity contribution is -0.0569. The maximum absolute atomic E-state index is 13.9. The van der Waals surface area contributed by atoms with Crippen LogP contribution in [0.1, 0.15) is 69.0 Å². The Balaban J connectivity index is 1.68. The lowest BCUT2D eigenvalue weighted by Crippen LogP contribution is -2.62. The molecule has 6 nitrogen and oxygen atoms in total. The molecule has 3 aliphatic rings. The molecule has 0 bridgehead atoms. The van der Waals surface area contributed by atoms with Crippen LogP contribution in [-0.2, 0) is 11.6 Å².